The fourth-order valence-electron chi connectivity index (χ4n) is 2.29. The lowest BCUT2D eigenvalue weighted by molar-refractivity contribution is 0.116. The van der Waals surface area contributed by atoms with Crippen molar-refractivity contribution in [2.24, 2.45) is 5.92 Å². The monoisotopic (exact) mass is 330 g/mol. The molecule has 0 saturated carbocycles. The molecule has 0 aliphatic rings. The van der Waals surface area contributed by atoms with Gasteiger partial charge in [-0.05, 0) is 42.5 Å². The highest BCUT2D eigenvalue weighted by Gasteiger charge is 2.09. The van der Waals surface area contributed by atoms with Gasteiger partial charge in [0.1, 0.15) is 0 Å². The predicted octanol–water partition coefficient (Wildman–Crippen LogP) is 2.12. The second-order valence-electron chi connectivity index (χ2n) is 6.15. The van der Waals surface area contributed by atoms with Crippen LogP contribution in [0, 0.1) is 5.92 Å². The van der Waals surface area contributed by atoms with E-state index in [-0.39, 0.29) is 18.1 Å². The number of aliphatic hydroxyl groups excluding tert-OH is 1. The van der Waals surface area contributed by atoms with E-state index in [9.17, 15) is 9.90 Å². The molecule has 0 aliphatic heterocycles. The van der Waals surface area contributed by atoms with Crippen LogP contribution < -0.4 is 10.6 Å². The van der Waals surface area contributed by atoms with Crippen molar-refractivity contribution in [2.45, 2.75) is 32.8 Å². The number of nitrogens with one attached hydrogen (secondary N) is 2. The van der Waals surface area contributed by atoms with Gasteiger partial charge in [0, 0.05) is 25.5 Å². The minimum absolute atomic E-state index is 0.195. The lowest BCUT2D eigenvalue weighted by Gasteiger charge is -2.14. The third-order valence-corrected chi connectivity index (χ3v) is 3.90. The number of aromatic nitrogens is 2. The summed E-state index contributed by atoms with van der Waals surface area (Å²) < 4.78 is 1.81. The van der Waals surface area contributed by atoms with E-state index in [4.69, 9.17) is 0 Å². The minimum atomic E-state index is -0.376. The number of nitrogens with zero attached hydrogens (tertiary/aromatic N) is 2. The zero-order chi connectivity index (χ0) is 17.4. The van der Waals surface area contributed by atoms with Crippen LogP contribution in [0.25, 0.3) is 5.69 Å². The van der Waals surface area contributed by atoms with Gasteiger partial charge in [0.05, 0.1) is 11.8 Å². The highest BCUT2D eigenvalue weighted by molar-refractivity contribution is 5.73. The highest BCUT2D eigenvalue weighted by Crippen LogP contribution is 2.08. The summed E-state index contributed by atoms with van der Waals surface area (Å²) in [6.07, 6.45) is 4.60. The Hall–Kier alpha value is -2.34. The first-order chi connectivity index (χ1) is 11.6. The van der Waals surface area contributed by atoms with Crippen LogP contribution in [0.1, 0.15) is 25.8 Å². The smallest absolute Gasteiger partial charge is 0.314 e. The highest BCUT2D eigenvalue weighted by atomic mass is 16.3. The van der Waals surface area contributed by atoms with Gasteiger partial charge in [-0.1, -0.05) is 26.0 Å². The van der Waals surface area contributed by atoms with Gasteiger partial charge in [-0.15, -0.1) is 0 Å². The summed E-state index contributed by atoms with van der Waals surface area (Å²) >= 11 is 0. The van der Waals surface area contributed by atoms with E-state index in [1.165, 1.54) is 0 Å². The molecule has 1 aromatic heterocycles. The molecule has 1 aromatic carbocycles. The minimum Gasteiger partial charge on any atom is -0.393 e. The van der Waals surface area contributed by atoms with Crippen LogP contribution in [0.15, 0.2) is 42.7 Å². The predicted molar refractivity (Wildman–Crippen MR) is 94.1 cm³/mol. The third-order valence-electron chi connectivity index (χ3n) is 3.90. The van der Waals surface area contributed by atoms with Crippen LogP contribution in [0.2, 0.25) is 0 Å². The Balaban J connectivity index is 1.66. The maximum atomic E-state index is 11.7. The Kier molecular flexibility index (Phi) is 6.81. The molecule has 6 heteroatoms. The maximum Gasteiger partial charge on any atom is 0.314 e. The topological polar surface area (TPSA) is 79.2 Å². The van der Waals surface area contributed by atoms with Crippen molar-refractivity contribution in [2.75, 3.05) is 13.1 Å². The maximum absolute atomic E-state index is 11.7. The van der Waals surface area contributed by atoms with Crippen molar-refractivity contribution in [3.8, 4) is 5.69 Å². The number of hydrogen-bond acceptors (Lipinski definition) is 3. The lowest BCUT2D eigenvalue weighted by atomic mass is 10.0. The molecule has 1 heterocycles. The number of benzene rings is 1. The summed E-state index contributed by atoms with van der Waals surface area (Å²) in [6.45, 7) is 4.97. The Morgan fingerprint density at radius 3 is 2.54 bits per heavy atom. The number of urea groups is 1. The van der Waals surface area contributed by atoms with Gasteiger partial charge in [0.25, 0.3) is 0 Å². The molecular formula is C18H26N4O2. The molecule has 130 valence electrons. The molecule has 6 nitrogen and oxygen atoms in total. The van der Waals surface area contributed by atoms with Crippen LogP contribution in [0.3, 0.4) is 0 Å². The fraction of sp³-hybridized carbons (Fsp3) is 0.444. The Bertz CT molecular complexity index is 608. The van der Waals surface area contributed by atoms with E-state index >= 15 is 0 Å². The summed E-state index contributed by atoms with van der Waals surface area (Å²) in [4.78, 5) is 11.7. The zero-order valence-corrected chi connectivity index (χ0v) is 14.3. The SMILES string of the molecule is CC(C)C(O)CCNC(=O)NCCc1ccc(-n2cccn2)cc1. The van der Waals surface area contributed by atoms with Crippen molar-refractivity contribution in [1.29, 1.82) is 0 Å². The quantitative estimate of drug-likeness (QED) is 0.694. The number of aliphatic hydroxyl groups is 1. The van der Waals surface area contributed by atoms with Crippen LogP contribution >= 0.6 is 0 Å². The second-order valence-corrected chi connectivity index (χ2v) is 6.15. The van der Waals surface area contributed by atoms with E-state index in [0.717, 1.165) is 17.7 Å². The van der Waals surface area contributed by atoms with Gasteiger partial charge in [-0.3, -0.25) is 0 Å². The zero-order valence-electron chi connectivity index (χ0n) is 14.3. The van der Waals surface area contributed by atoms with E-state index in [1.54, 1.807) is 10.9 Å². The van der Waals surface area contributed by atoms with Crippen molar-refractivity contribution in [3.63, 3.8) is 0 Å². The largest absolute Gasteiger partial charge is 0.393 e. The Labute approximate surface area is 142 Å². The average Bonchev–Trinajstić information content (AvgIpc) is 3.10. The van der Waals surface area contributed by atoms with Crippen molar-refractivity contribution in [1.82, 2.24) is 20.4 Å². The molecule has 0 aliphatic carbocycles. The molecule has 1 unspecified atom stereocenters. The summed E-state index contributed by atoms with van der Waals surface area (Å²) in [6, 6.07) is 9.78. The first kappa shape index (κ1) is 18.0. The van der Waals surface area contributed by atoms with E-state index in [1.807, 2.05) is 50.4 Å². The molecule has 2 amide bonds. The van der Waals surface area contributed by atoms with Gasteiger partial charge in [0.2, 0.25) is 0 Å². The van der Waals surface area contributed by atoms with E-state index in [2.05, 4.69) is 15.7 Å². The third kappa shape index (κ3) is 5.70. The van der Waals surface area contributed by atoms with Crippen LogP contribution in [0.4, 0.5) is 4.79 Å². The second kappa shape index (κ2) is 9.08. The summed E-state index contributed by atoms with van der Waals surface area (Å²) in [5, 5.41) is 19.5. The number of amides is 2. The molecule has 2 aromatic rings. The summed E-state index contributed by atoms with van der Waals surface area (Å²) in [7, 11) is 0. The van der Waals surface area contributed by atoms with Crippen LogP contribution in [-0.2, 0) is 6.42 Å². The molecule has 2 rings (SSSR count). The average molecular weight is 330 g/mol. The molecular weight excluding hydrogens is 304 g/mol. The molecule has 1 atom stereocenters. The molecule has 0 saturated heterocycles. The van der Waals surface area contributed by atoms with Crippen LogP contribution in [0.5, 0.6) is 0 Å². The summed E-state index contributed by atoms with van der Waals surface area (Å²) in [5.74, 6) is 0.208. The normalized spacial score (nSPS) is 12.2. The number of carbonyl (C=O) groups excluding carboxylic acids is 1. The number of rotatable bonds is 8. The fourth-order valence-corrected chi connectivity index (χ4v) is 2.29. The molecule has 0 radical (unpaired) electrons. The lowest BCUT2D eigenvalue weighted by Crippen LogP contribution is -2.38. The first-order valence-electron chi connectivity index (χ1n) is 8.35. The number of carbonyl (C=O) groups is 1. The van der Waals surface area contributed by atoms with Crippen molar-refractivity contribution < 1.29 is 9.90 Å². The molecule has 3 N–H and O–H groups in total. The molecule has 0 bridgehead atoms. The molecule has 24 heavy (non-hydrogen) atoms. The number of hydrogen-bond donors (Lipinski definition) is 3. The van der Waals surface area contributed by atoms with Crippen LogP contribution in [-0.4, -0.2) is 40.1 Å². The summed E-state index contributed by atoms with van der Waals surface area (Å²) in [5.41, 5.74) is 2.17. The van der Waals surface area contributed by atoms with E-state index in [0.29, 0.717) is 19.5 Å². The Morgan fingerprint density at radius 2 is 1.92 bits per heavy atom. The molecule has 0 spiro atoms. The standard InChI is InChI=1S/C18H26N4O2/c1-14(2)17(23)9-12-20-18(24)19-11-8-15-4-6-16(7-5-15)22-13-3-10-21-22/h3-7,10,13-14,17,23H,8-9,11-12H2,1-2H3,(H2,19,20,24). The van der Waals surface area contributed by atoms with Gasteiger partial charge in [0.15, 0.2) is 0 Å². The van der Waals surface area contributed by atoms with Crippen molar-refractivity contribution >= 4 is 6.03 Å². The van der Waals surface area contributed by atoms with Crippen molar-refractivity contribution in [3.05, 3.63) is 48.3 Å². The van der Waals surface area contributed by atoms with Gasteiger partial charge < -0.3 is 15.7 Å². The molecule has 0 fully saturated rings. The van der Waals surface area contributed by atoms with Gasteiger partial charge in [-0.2, -0.15) is 5.10 Å². The Morgan fingerprint density at radius 1 is 1.21 bits per heavy atom. The van der Waals surface area contributed by atoms with E-state index < -0.39 is 0 Å². The van der Waals surface area contributed by atoms with Gasteiger partial charge in [-0.25, -0.2) is 9.48 Å². The van der Waals surface area contributed by atoms with Gasteiger partial charge >= 0.3 is 6.03 Å². The first-order valence-corrected chi connectivity index (χ1v) is 8.35.